The average molecular weight is 603 g/mol. The molecule has 2 aromatic rings. The van der Waals surface area contributed by atoms with E-state index < -0.39 is 24.0 Å². The van der Waals surface area contributed by atoms with E-state index >= 15 is 0 Å². The minimum absolute atomic E-state index is 0.0430. The number of carboxylic acids is 1. The fraction of sp³-hybridized carbons (Fsp3) is 0.594. The largest absolute Gasteiger partial charge is 0.488 e. The number of hydrogen-bond donors (Lipinski definition) is 1. The lowest BCUT2D eigenvalue weighted by Gasteiger charge is -2.39. The molecule has 5 nitrogen and oxygen atoms in total. The molecule has 2 rings (SSSR count). The van der Waals surface area contributed by atoms with Crippen LogP contribution in [0.5, 0.6) is 5.75 Å². The summed E-state index contributed by atoms with van der Waals surface area (Å²) in [6, 6.07) is 8.59. The molecule has 1 heterocycles. The third kappa shape index (κ3) is 10.6. The van der Waals surface area contributed by atoms with E-state index in [4.69, 9.17) is 18.7 Å². The van der Waals surface area contributed by atoms with E-state index in [-0.39, 0.29) is 29.5 Å². The standard InChI is InChI=1S/C32H50O5SSi2/c1-12-22(14-13-15-28(33)34)23-18-25(38-21-23)20-35-24-16-17-26(29(31(2,3)4)36-39(8)9)27(19-24)30(32(5,6)7)37-40(10)11/h14,16-19,21,29-30H,12-13,15,20H2,1-11H3,(H,33,34). The first-order valence-corrected chi connectivity index (χ1v) is 19.9. The molecule has 0 saturated carbocycles. The number of carbonyl (C=O) groups is 1. The van der Waals surface area contributed by atoms with Gasteiger partial charge in [0.15, 0.2) is 0 Å². The maximum Gasteiger partial charge on any atom is 0.303 e. The van der Waals surface area contributed by atoms with Gasteiger partial charge in [0.2, 0.25) is 18.1 Å². The maximum absolute atomic E-state index is 10.9. The van der Waals surface area contributed by atoms with Gasteiger partial charge in [0.05, 0.1) is 12.2 Å². The second kappa shape index (κ2) is 15.0. The summed E-state index contributed by atoms with van der Waals surface area (Å²) in [5.41, 5.74) is 4.49. The summed E-state index contributed by atoms with van der Waals surface area (Å²) in [6.45, 7) is 24.8. The van der Waals surface area contributed by atoms with Crippen LogP contribution in [0.1, 0.15) is 102 Å². The lowest BCUT2D eigenvalue weighted by molar-refractivity contribution is -0.136. The highest BCUT2D eigenvalue weighted by molar-refractivity contribution is 7.10. The summed E-state index contributed by atoms with van der Waals surface area (Å²) in [5.74, 6) is 0.0586. The summed E-state index contributed by atoms with van der Waals surface area (Å²) >= 11 is 1.67. The average Bonchev–Trinajstić information content (AvgIpc) is 3.29. The molecule has 8 heteroatoms. The summed E-state index contributed by atoms with van der Waals surface area (Å²) < 4.78 is 19.7. The van der Waals surface area contributed by atoms with Crippen molar-refractivity contribution in [3.8, 4) is 5.75 Å². The number of rotatable bonds is 14. The van der Waals surface area contributed by atoms with Crippen molar-refractivity contribution < 1.29 is 23.5 Å². The number of hydrogen-bond acceptors (Lipinski definition) is 5. The number of ether oxygens (including phenoxy) is 1. The first kappa shape index (κ1) is 34.5. The van der Waals surface area contributed by atoms with Crippen molar-refractivity contribution in [1.82, 2.24) is 0 Å². The van der Waals surface area contributed by atoms with E-state index in [1.807, 2.05) is 6.08 Å². The molecule has 0 aliphatic heterocycles. The minimum atomic E-state index is -0.960. The van der Waals surface area contributed by atoms with Gasteiger partial charge in [-0.3, -0.25) is 4.79 Å². The lowest BCUT2D eigenvalue weighted by Crippen LogP contribution is -2.31. The van der Waals surface area contributed by atoms with Crippen LogP contribution in [0.2, 0.25) is 26.2 Å². The van der Waals surface area contributed by atoms with Crippen LogP contribution in [-0.2, 0) is 20.3 Å². The van der Waals surface area contributed by atoms with E-state index in [1.54, 1.807) is 11.3 Å². The van der Waals surface area contributed by atoms with Crippen LogP contribution >= 0.6 is 11.3 Å². The molecule has 0 aliphatic rings. The molecule has 0 aliphatic carbocycles. The number of aliphatic carboxylic acids is 1. The van der Waals surface area contributed by atoms with Gasteiger partial charge in [0, 0.05) is 11.3 Å². The van der Waals surface area contributed by atoms with Gasteiger partial charge in [0.1, 0.15) is 12.4 Å². The molecule has 0 amide bonds. The van der Waals surface area contributed by atoms with E-state index in [2.05, 4.69) is 104 Å². The number of allylic oxidation sites excluding steroid dienone is 2. The monoisotopic (exact) mass is 602 g/mol. The smallest absolute Gasteiger partial charge is 0.303 e. The zero-order valence-corrected chi connectivity index (χ0v) is 29.3. The molecule has 222 valence electrons. The Morgan fingerprint density at radius 2 is 1.52 bits per heavy atom. The van der Waals surface area contributed by atoms with E-state index in [9.17, 15) is 4.79 Å². The predicted octanol–water partition coefficient (Wildman–Crippen LogP) is 9.70. The minimum Gasteiger partial charge on any atom is -0.488 e. The normalized spacial score (nSPS) is 14.6. The zero-order valence-electron chi connectivity index (χ0n) is 26.4. The molecule has 1 aromatic carbocycles. The highest BCUT2D eigenvalue weighted by atomic mass is 32.1. The Morgan fingerprint density at radius 1 is 0.950 bits per heavy atom. The molecule has 0 saturated heterocycles. The first-order valence-electron chi connectivity index (χ1n) is 14.2. The molecule has 0 spiro atoms. The Hall–Kier alpha value is -1.72. The van der Waals surface area contributed by atoms with Crippen molar-refractivity contribution in [1.29, 1.82) is 0 Å². The number of thiophene rings is 1. The lowest BCUT2D eigenvalue weighted by atomic mass is 9.77. The van der Waals surface area contributed by atoms with Crippen molar-refractivity contribution in [2.75, 3.05) is 0 Å². The second-order valence-corrected chi connectivity index (χ2v) is 18.0. The maximum atomic E-state index is 10.9. The molecule has 40 heavy (non-hydrogen) atoms. The fourth-order valence-electron chi connectivity index (χ4n) is 4.61. The Balaban J connectivity index is 2.42. The Morgan fingerprint density at radius 3 is 2.02 bits per heavy atom. The molecule has 1 aromatic heterocycles. The van der Waals surface area contributed by atoms with Gasteiger partial charge >= 0.3 is 5.97 Å². The third-order valence-electron chi connectivity index (χ3n) is 6.44. The highest BCUT2D eigenvalue weighted by Gasteiger charge is 2.36. The van der Waals surface area contributed by atoms with Gasteiger partial charge in [-0.1, -0.05) is 60.6 Å². The molecule has 2 radical (unpaired) electrons. The van der Waals surface area contributed by atoms with Crippen LogP contribution in [0.25, 0.3) is 5.57 Å². The zero-order chi connectivity index (χ0) is 30.3. The van der Waals surface area contributed by atoms with E-state index in [0.29, 0.717) is 13.0 Å². The summed E-state index contributed by atoms with van der Waals surface area (Å²) in [7, 11) is -1.89. The molecule has 0 fully saturated rings. The topological polar surface area (TPSA) is 65.0 Å². The molecule has 1 N–H and O–H groups in total. The van der Waals surface area contributed by atoms with Crippen LogP contribution in [0.15, 0.2) is 35.7 Å². The predicted molar refractivity (Wildman–Crippen MR) is 172 cm³/mol. The summed E-state index contributed by atoms with van der Waals surface area (Å²) in [5, 5.41) is 11.1. The van der Waals surface area contributed by atoms with Gasteiger partial charge in [-0.05, 0) is 95.7 Å². The quantitative estimate of drug-likeness (QED) is 0.218. The number of carboxylic acid groups (broad SMARTS) is 1. The first-order chi connectivity index (χ1) is 18.5. The van der Waals surface area contributed by atoms with Crippen LogP contribution < -0.4 is 4.74 Å². The van der Waals surface area contributed by atoms with Crippen LogP contribution in [0.3, 0.4) is 0 Å². The van der Waals surface area contributed by atoms with Crippen molar-refractivity contribution in [2.24, 2.45) is 10.8 Å². The molecular formula is C32H50O5SSi2. The van der Waals surface area contributed by atoms with Gasteiger partial charge in [-0.15, -0.1) is 11.3 Å². The summed E-state index contributed by atoms with van der Waals surface area (Å²) in [6.07, 6.45) is 3.48. The third-order valence-corrected chi connectivity index (χ3v) is 8.76. The van der Waals surface area contributed by atoms with Crippen molar-refractivity contribution in [3.05, 3.63) is 57.3 Å². The van der Waals surface area contributed by atoms with Crippen LogP contribution in [0.4, 0.5) is 0 Å². The van der Waals surface area contributed by atoms with Crippen molar-refractivity contribution >= 4 is 41.0 Å². The van der Waals surface area contributed by atoms with Gasteiger partial charge in [0.25, 0.3) is 0 Å². The molecular weight excluding hydrogens is 553 g/mol. The molecule has 2 unspecified atom stereocenters. The van der Waals surface area contributed by atoms with E-state index in [0.717, 1.165) is 28.2 Å². The summed E-state index contributed by atoms with van der Waals surface area (Å²) in [4.78, 5) is 12.0. The highest BCUT2D eigenvalue weighted by Crippen LogP contribution is 2.46. The van der Waals surface area contributed by atoms with Crippen molar-refractivity contribution in [3.63, 3.8) is 0 Å². The van der Waals surface area contributed by atoms with E-state index in [1.165, 1.54) is 11.1 Å². The van der Waals surface area contributed by atoms with Crippen LogP contribution in [-0.4, -0.2) is 29.2 Å². The molecule has 2 atom stereocenters. The Kier molecular flexibility index (Phi) is 12.9. The van der Waals surface area contributed by atoms with Gasteiger partial charge in [-0.2, -0.15) is 0 Å². The van der Waals surface area contributed by atoms with Crippen LogP contribution in [0, 0.1) is 10.8 Å². The Labute approximate surface area is 250 Å². The van der Waals surface area contributed by atoms with Gasteiger partial charge < -0.3 is 18.7 Å². The van der Waals surface area contributed by atoms with Crippen molar-refractivity contribution in [2.45, 2.75) is 113 Å². The Bertz CT molecular complexity index is 1130. The van der Waals surface area contributed by atoms with Gasteiger partial charge in [-0.25, -0.2) is 0 Å². The molecule has 0 bridgehead atoms. The number of benzene rings is 1. The SMILES string of the molecule is CCC(=CCCC(=O)O)c1csc(COc2ccc(C(O[Si](C)C)C(C)(C)C)c(C(O[Si](C)C)C(C)(C)C)c2)c1. The second-order valence-electron chi connectivity index (χ2n) is 12.9. The fourth-order valence-corrected chi connectivity index (χ4v) is 7.33.